The van der Waals surface area contributed by atoms with Crippen LogP contribution in [0.1, 0.15) is 0 Å². The molecule has 0 aliphatic carbocycles. The van der Waals surface area contributed by atoms with E-state index >= 15 is 0 Å². The lowest BCUT2D eigenvalue weighted by atomic mass is 10.1. The highest BCUT2D eigenvalue weighted by Crippen LogP contribution is 2.20. The number of hydrogen-bond acceptors (Lipinski definition) is 3. The minimum atomic E-state index is -0.320. The van der Waals surface area contributed by atoms with Crippen LogP contribution in [0.5, 0.6) is 0 Å². The number of hydrogen-bond donors (Lipinski definition) is 1. The van der Waals surface area contributed by atoms with Gasteiger partial charge in [0.25, 0.3) is 0 Å². The van der Waals surface area contributed by atoms with Crippen LogP contribution in [0.4, 0.5) is 4.39 Å². The maximum Gasteiger partial charge on any atom is 0.132 e. The van der Waals surface area contributed by atoms with Crippen LogP contribution in [0.3, 0.4) is 0 Å². The molecule has 78 valence electrons. The van der Waals surface area contributed by atoms with Gasteiger partial charge in [0, 0.05) is 5.56 Å². The van der Waals surface area contributed by atoms with Crippen LogP contribution in [0.2, 0.25) is 0 Å². The van der Waals surface area contributed by atoms with Crippen LogP contribution in [-0.2, 0) is 6.54 Å². The van der Waals surface area contributed by atoms with Crippen LogP contribution >= 0.6 is 0 Å². The van der Waals surface area contributed by atoms with Crippen molar-refractivity contribution in [1.29, 1.82) is 0 Å². The molecule has 0 unspecified atom stereocenters. The zero-order valence-corrected chi connectivity index (χ0v) is 7.97. The quantitative estimate of drug-likeness (QED) is 0.819. The summed E-state index contributed by atoms with van der Waals surface area (Å²) < 4.78 is 14.9. The Bertz CT molecular complexity index is 455. The van der Waals surface area contributed by atoms with Gasteiger partial charge in [0.1, 0.15) is 5.82 Å². The van der Waals surface area contributed by atoms with Crippen LogP contribution < -0.4 is 0 Å². The first-order chi connectivity index (χ1) is 7.33. The van der Waals surface area contributed by atoms with Crippen molar-refractivity contribution in [3.8, 4) is 11.3 Å². The Hall–Kier alpha value is -1.75. The van der Waals surface area contributed by atoms with Gasteiger partial charge >= 0.3 is 0 Å². The maximum absolute atomic E-state index is 13.4. The number of halogens is 1. The van der Waals surface area contributed by atoms with Crippen LogP contribution in [-0.4, -0.2) is 26.7 Å². The molecule has 1 N–H and O–H groups in total. The Morgan fingerprint density at radius 2 is 2.13 bits per heavy atom. The summed E-state index contributed by atoms with van der Waals surface area (Å²) in [6.07, 6.45) is 1.48. The monoisotopic (exact) mass is 207 g/mol. The van der Waals surface area contributed by atoms with Gasteiger partial charge in [-0.3, -0.25) is 0 Å². The highest BCUT2D eigenvalue weighted by molar-refractivity contribution is 5.58. The third kappa shape index (κ3) is 1.87. The highest BCUT2D eigenvalue weighted by Gasteiger charge is 2.09. The molecule has 0 aliphatic heterocycles. The Labute approximate surface area is 86.0 Å². The van der Waals surface area contributed by atoms with Gasteiger partial charge in [0.15, 0.2) is 0 Å². The van der Waals surface area contributed by atoms with Gasteiger partial charge in [0.05, 0.1) is 25.0 Å². The largest absolute Gasteiger partial charge is 0.394 e. The summed E-state index contributed by atoms with van der Waals surface area (Å²) >= 11 is 0. The number of nitrogens with zero attached hydrogens (tertiary/aromatic N) is 3. The van der Waals surface area contributed by atoms with E-state index in [4.69, 9.17) is 5.11 Å². The molecule has 1 aromatic heterocycles. The summed E-state index contributed by atoms with van der Waals surface area (Å²) in [6, 6.07) is 6.40. The molecule has 0 fully saturated rings. The standard InChI is InChI=1S/C10H10FN3O/c11-9-4-2-1-3-8(9)10-7-12-13-14(10)5-6-15/h1-4,7,15H,5-6H2. The molecule has 15 heavy (non-hydrogen) atoms. The Morgan fingerprint density at radius 1 is 1.33 bits per heavy atom. The smallest absolute Gasteiger partial charge is 0.132 e. The molecular formula is C10H10FN3O. The van der Waals surface area contributed by atoms with E-state index in [1.807, 2.05) is 0 Å². The first kappa shape index (κ1) is 9.79. The molecule has 4 nitrogen and oxygen atoms in total. The molecule has 2 rings (SSSR count). The fourth-order valence-electron chi connectivity index (χ4n) is 1.40. The molecule has 2 aromatic rings. The molecule has 0 bridgehead atoms. The number of aromatic nitrogens is 3. The second kappa shape index (κ2) is 4.18. The van der Waals surface area contributed by atoms with Crippen molar-refractivity contribution in [3.05, 3.63) is 36.3 Å². The first-order valence-corrected chi connectivity index (χ1v) is 4.57. The predicted molar refractivity (Wildman–Crippen MR) is 52.5 cm³/mol. The van der Waals surface area contributed by atoms with Crippen molar-refractivity contribution >= 4 is 0 Å². The summed E-state index contributed by atoms with van der Waals surface area (Å²) in [6.45, 7) is 0.258. The molecule has 0 atom stereocenters. The number of benzene rings is 1. The minimum Gasteiger partial charge on any atom is -0.394 e. The third-order valence-corrected chi connectivity index (χ3v) is 2.08. The molecule has 0 aliphatic rings. The van der Waals surface area contributed by atoms with Crippen molar-refractivity contribution in [3.63, 3.8) is 0 Å². The van der Waals surface area contributed by atoms with Crippen molar-refractivity contribution in [2.75, 3.05) is 6.61 Å². The maximum atomic E-state index is 13.4. The highest BCUT2D eigenvalue weighted by atomic mass is 19.1. The van der Waals surface area contributed by atoms with Crippen molar-refractivity contribution in [1.82, 2.24) is 15.0 Å². The molecule has 1 heterocycles. The molecular weight excluding hydrogens is 197 g/mol. The second-order valence-electron chi connectivity index (χ2n) is 3.05. The molecule has 0 amide bonds. The van der Waals surface area contributed by atoms with Crippen LogP contribution in [0, 0.1) is 5.82 Å². The summed E-state index contributed by atoms with van der Waals surface area (Å²) in [5.41, 5.74) is 1.01. The normalized spacial score (nSPS) is 10.5. The number of aliphatic hydroxyl groups excluding tert-OH is 1. The van der Waals surface area contributed by atoms with Gasteiger partial charge in [0.2, 0.25) is 0 Å². The Kier molecular flexibility index (Phi) is 2.73. The predicted octanol–water partition coefficient (Wildman–Crippen LogP) is 1.08. The van der Waals surface area contributed by atoms with E-state index in [-0.39, 0.29) is 12.4 Å². The molecule has 1 aromatic carbocycles. The first-order valence-electron chi connectivity index (χ1n) is 4.57. The zero-order chi connectivity index (χ0) is 10.7. The molecule has 0 saturated carbocycles. The number of aliphatic hydroxyl groups is 1. The SMILES string of the molecule is OCCn1nncc1-c1ccccc1F. The molecule has 0 radical (unpaired) electrons. The van der Waals surface area contributed by atoms with Crippen LogP contribution in [0.25, 0.3) is 11.3 Å². The number of rotatable bonds is 3. The van der Waals surface area contributed by atoms with Gasteiger partial charge in [-0.05, 0) is 12.1 Å². The topological polar surface area (TPSA) is 50.9 Å². The lowest BCUT2D eigenvalue weighted by molar-refractivity contribution is 0.268. The summed E-state index contributed by atoms with van der Waals surface area (Å²) in [5, 5.41) is 16.3. The zero-order valence-electron chi connectivity index (χ0n) is 7.97. The van der Waals surface area contributed by atoms with Crippen molar-refractivity contribution in [2.24, 2.45) is 0 Å². The molecule has 5 heteroatoms. The summed E-state index contributed by atoms with van der Waals surface area (Å²) in [7, 11) is 0. The van der Waals surface area contributed by atoms with E-state index in [9.17, 15) is 4.39 Å². The summed E-state index contributed by atoms with van der Waals surface area (Å²) in [5.74, 6) is -0.320. The fraction of sp³-hybridized carbons (Fsp3) is 0.200. The van der Waals surface area contributed by atoms with Gasteiger partial charge in [-0.1, -0.05) is 17.3 Å². The van der Waals surface area contributed by atoms with E-state index in [0.29, 0.717) is 17.8 Å². The molecule has 0 spiro atoms. The van der Waals surface area contributed by atoms with Gasteiger partial charge < -0.3 is 5.11 Å². The van der Waals surface area contributed by atoms with E-state index in [0.717, 1.165) is 0 Å². The van der Waals surface area contributed by atoms with Gasteiger partial charge in [-0.2, -0.15) is 0 Å². The average Bonchev–Trinajstić information content (AvgIpc) is 2.67. The van der Waals surface area contributed by atoms with Gasteiger partial charge in [-0.25, -0.2) is 9.07 Å². The third-order valence-electron chi connectivity index (χ3n) is 2.08. The van der Waals surface area contributed by atoms with E-state index in [2.05, 4.69) is 10.3 Å². The Balaban J connectivity index is 2.45. The lowest BCUT2D eigenvalue weighted by Gasteiger charge is -2.04. The van der Waals surface area contributed by atoms with E-state index in [1.165, 1.54) is 16.9 Å². The Morgan fingerprint density at radius 3 is 2.87 bits per heavy atom. The van der Waals surface area contributed by atoms with E-state index < -0.39 is 0 Å². The van der Waals surface area contributed by atoms with E-state index in [1.54, 1.807) is 18.2 Å². The average molecular weight is 207 g/mol. The lowest BCUT2D eigenvalue weighted by Crippen LogP contribution is -2.06. The van der Waals surface area contributed by atoms with Gasteiger partial charge in [-0.15, -0.1) is 5.10 Å². The second-order valence-corrected chi connectivity index (χ2v) is 3.05. The minimum absolute atomic E-state index is 0.0508. The van der Waals surface area contributed by atoms with Crippen LogP contribution in [0.15, 0.2) is 30.5 Å². The fourth-order valence-corrected chi connectivity index (χ4v) is 1.40. The van der Waals surface area contributed by atoms with Crippen molar-refractivity contribution < 1.29 is 9.50 Å². The summed E-state index contributed by atoms with van der Waals surface area (Å²) in [4.78, 5) is 0. The molecule has 0 saturated heterocycles. The van der Waals surface area contributed by atoms with Crippen molar-refractivity contribution in [2.45, 2.75) is 6.54 Å².